The van der Waals surface area contributed by atoms with Crippen LogP contribution in [0.2, 0.25) is 0 Å². The molecule has 1 atom stereocenters. The number of hydrogen-bond donors (Lipinski definition) is 1. The van der Waals surface area contributed by atoms with E-state index < -0.39 is 9.75 Å². The molecule has 82 valence electrons. The van der Waals surface area contributed by atoms with E-state index >= 15 is 0 Å². The lowest BCUT2D eigenvalue weighted by Crippen LogP contribution is -2.33. The fourth-order valence-electron chi connectivity index (χ4n) is 1.42. The maximum absolute atomic E-state index is 11.6. The maximum atomic E-state index is 11.6. The van der Waals surface area contributed by atoms with Crippen molar-refractivity contribution in [1.29, 1.82) is 0 Å². The van der Waals surface area contributed by atoms with Crippen LogP contribution < -0.4 is 5.32 Å². The molecular formula is C10H17Cl2NO. The molecule has 4 heteroatoms. The Morgan fingerprint density at radius 2 is 2.00 bits per heavy atom. The molecule has 0 bridgehead atoms. The van der Waals surface area contributed by atoms with Gasteiger partial charge in [0, 0.05) is 6.54 Å². The van der Waals surface area contributed by atoms with Gasteiger partial charge in [0.05, 0.1) is 5.41 Å². The molecule has 0 radical (unpaired) electrons. The topological polar surface area (TPSA) is 29.1 Å². The van der Waals surface area contributed by atoms with Crippen LogP contribution in [0.1, 0.15) is 39.5 Å². The van der Waals surface area contributed by atoms with E-state index in [1.165, 1.54) is 0 Å². The number of alkyl halides is 2. The zero-order chi connectivity index (χ0) is 10.8. The third-order valence-corrected chi connectivity index (χ3v) is 3.93. The predicted molar refractivity (Wildman–Crippen MR) is 59.7 cm³/mol. The van der Waals surface area contributed by atoms with Crippen molar-refractivity contribution < 1.29 is 4.79 Å². The highest BCUT2D eigenvalue weighted by atomic mass is 35.5. The van der Waals surface area contributed by atoms with E-state index in [0.29, 0.717) is 6.42 Å². The van der Waals surface area contributed by atoms with Gasteiger partial charge >= 0.3 is 0 Å². The number of carbonyl (C=O) groups excluding carboxylic acids is 1. The Bertz CT molecular complexity index is 230. The Hall–Kier alpha value is 0.0500. The number of unbranched alkanes of at least 4 members (excludes halogenated alkanes) is 2. The van der Waals surface area contributed by atoms with E-state index in [-0.39, 0.29) is 5.91 Å². The van der Waals surface area contributed by atoms with Gasteiger partial charge in [0.25, 0.3) is 0 Å². The number of rotatable bonds is 5. The molecular weight excluding hydrogens is 221 g/mol. The Labute approximate surface area is 95.3 Å². The standard InChI is InChI=1S/C10H17Cl2NO/c1-3-4-5-6-13-8(14)9(2)7-10(9,11)12/h3-7H2,1-2H3,(H,13,14). The van der Waals surface area contributed by atoms with Crippen LogP contribution in [0.25, 0.3) is 0 Å². The van der Waals surface area contributed by atoms with Crippen LogP contribution in [-0.4, -0.2) is 16.8 Å². The zero-order valence-corrected chi connectivity index (χ0v) is 10.2. The molecule has 1 aliphatic rings. The highest BCUT2D eigenvalue weighted by Crippen LogP contribution is 2.63. The van der Waals surface area contributed by atoms with E-state index in [1.807, 2.05) is 6.92 Å². The predicted octanol–water partition coefficient (Wildman–Crippen LogP) is 2.88. The van der Waals surface area contributed by atoms with Gasteiger partial charge in [-0.2, -0.15) is 0 Å². The average Bonchev–Trinajstić information content (AvgIpc) is 2.61. The molecule has 2 nitrogen and oxygen atoms in total. The van der Waals surface area contributed by atoms with Crippen molar-refractivity contribution in [1.82, 2.24) is 5.32 Å². The van der Waals surface area contributed by atoms with Crippen molar-refractivity contribution >= 4 is 29.1 Å². The lowest BCUT2D eigenvalue weighted by Gasteiger charge is -2.12. The molecule has 1 rings (SSSR count). The second kappa shape index (κ2) is 4.28. The Morgan fingerprint density at radius 3 is 2.43 bits per heavy atom. The molecule has 1 amide bonds. The Kier molecular flexibility index (Phi) is 3.70. The summed E-state index contributed by atoms with van der Waals surface area (Å²) >= 11 is 11.8. The quantitative estimate of drug-likeness (QED) is 0.579. The van der Waals surface area contributed by atoms with Gasteiger partial charge in [0.1, 0.15) is 4.33 Å². The normalized spacial score (nSPS) is 28.6. The molecule has 1 unspecified atom stereocenters. The van der Waals surface area contributed by atoms with Gasteiger partial charge in [-0.3, -0.25) is 4.79 Å². The van der Waals surface area contributed by atoms with Gasteiger partial charge in [-0.1, -0.05) is 19.8 Å². The van der Waals surface area contributed by atoms with Crippen LogP contribution >= 0.6 is 23.2 Å². The fraction of sp³-hybridized carbons (Fsp3) is 0.900. The SMILES string of the molecule is CCCCCNC(=O)C1(C)CC1(Cl)Cl. The van der Waals surface area contributed by atoms with Crippen LogP contribution in [0.4, 0.5) is 0 Å². The average molecular weight is 238 g/mol. The van der Waals surface area contributed by atoms with E-state index in [1.54, 1.807) is 0 Å². The first-order valence-electron chi connectivity index (χ1n) is 5.10. The molecule has 1 saturated carbocycles. The summed E-state index contributed by atoms with van der Waals surface area (Å²) in [6.45, 7) is 4.67. The van der Waals surface area contributed by atoms with Gasteiger partial charge in [-0.05, 0) is 19.8 Å². The number of amides is 1. The van der Waals surface area contributed by atoms with Crippen LogP contribution in [0, 0.1) is 5.41 Å². The van der Waals surface area contributed by atoms with Crippen LogP contribution in [0.5, 0.6) is 0 Å². The van der Waals surface area contributed by atoms with E-state index in [2.05, 4.69) is 12.2 Å². The molecule has 0 aromatic rings. The smallest absolute Gasteiger partial charge is 0.229 e. The van der Waals surface area contributed by atoms with Crippen molar-refractivity contribution in [3.05, 3.63) is 0 Å². The summed E-state index contributed by atoms with van der Waals surface area (Å²) in [6.07, 6.45) is 3.88. The van der Waals surface area contributed by atoms with Crippen LogP contribution in [0.15, 0.2) is 0 Å². The molecule has 0 saturated heterocycles. The number of halogens is 2. The third-order valence-electron chi connectivity index (χ3n) is 2.82. The summed E-state index contributed by atoms with van der Waals surface area (Å²) in [6, 6.07) is 0. The minimum atomic E-state index is -0.845. The third kappa shape index (κ3) is 2.34. The highest BCUT2D eigenvalue weighted by molar-refractivity contribution is 6.53. The molecule has 0 aliphatic heterocycles. The number of hydrogen-bond acceptors (Lipinski definition) is 1. The fourth-order valence-corrected chi connectivity index (χ4v) is 2.12. The number of nitrogens with one attached hydrogen (secondary N) is 1. The molecule has 0 spiro atoms. The lowest BCUT2D eigenvalue weighted by molar-refractivity contribution is -0.125. The molecule has 0 aromatic heterocycles. The van der Waals surface area contributed by atoms with Crippen molar-refractivity contribution in [3.63, 3.8) is 0 Å². The Morgan fingerprint density at radius 1 is 1.43 bits per heavy atom. The summed E-state index contributed by atoms with van der Waals surface area (Å²) in [5.41, 5.74) is -0.567. The summed E-state index contributed by atoms with van der Waals surface area (Å²) < 4.78 is -0.845. The zero-order valence-electron chi connectivity index (χ0n) is 8.70. The first-order chi connectivity index (χ1) is 6.44. The Balaban J connectivity index is 2.24. The van der Waals surface area contributed by atoms with Crippen molar-refractivity contribution in [3.8, 4) is 0 Å². The largest absolute Gasteiger partial charge is 0.356 e. The monoisotopic (exact) mass is 237 g/mol. The van der Waals surface area contributed by atoms with E-state index in [0.717, 1.165) is 25.8 Å². The summed E-state index contributed by atoms with van der Waals surface area (Å²) in [7, 11) is 0. The molecule has 1 aliphatic carbocycles. The highest BCUT2D eigenvalue weighted by Gasteiger charge is 2.67. The molecule has 1 N–H and O–H groups in total. The van der Waals surface area contributed by atoms with Gasteiger partial charge in [0.2, 0.25) is 5.91 Å². The molecule has 0 aromatic carbocycles. The van der Waals surface area contributed by atoms with Crippen LogP contribution in [0.3, 0.4) is 0 Å². The van der Waals surface area contributed by atoms with Gasteiger partial charge in [-0.15, -0.1) is 23.2 Å². The first-order valence-corrected chi connectivity index (χ1v) is 5.86. The minimum absolute atomic E-state index is 0.0152. The van der Waals surface area contributed by atoms with Crippen molar-refractivity contribution in [2.45, 2.75) is 43.9 Å². The summed E-state index contributed by atoms with van der Waals surface area (Å²) in [5.74, 6) is -0.0152. The first kappa shape index (κ1) is 12.1. The van der Waals surface area contributed by atoms with Crippen LogP contribution in [-0.2, 0) is 4.79 Å². The molecule has 14 heavy (non-hydrogen) atoms. The van der Waals surface area contributed by atoms with Crippen molar-refractivity contribution in [2.24, 2.45) is 5.41 Å². The molecule has 0 heterocycles. The van der Waals surface area contributed by atoms with Gasteiger partial charge in [0.15, 0.2) is 0 Å². The summed E-state index contributed by atoms with van der Waals surface area (Å²) in [4.78, 5) is 11.6. The summed E-state index contributed by atoms with van der Waals surface area (Å²) in [5, 5.41) is 2.87. The van der Waals surface area contributed by atoms with Crippen molar-refractivity contribution in [2.75, 3.05) is 6.54 Å². The number of carbonyl (C=O) groups is 1. The van der Waals surface area contributed by atoms with Gasteiger partial charge < -0.3 is 5.32 Å². The minimum Gasteiger partial charge on any atom is -0.356 e. The molecule has 1 fully saturated rings. The van der Waals surface area contributed by atoms with Gasteiger partial charge in [-0.25, -0.2) is 0 Å². The second-order valence-corrected chi connectivity index (χ2v) is 5.66. The maximum Gasteiger partial charge on any atom is 0.229 e. The second-order valence-electron chi connectivity index (χ2n) is 4.18. The lowest BCUT2D eigenvalue weighted by atomic mass is 10.1. The van der Waals surface area contributed by atoms with E-state index in [4.69, 9.17) is 23.2 Å². The van der Waals surface area contributed by atoms with E-state index in [9.17, 15) is 4.79 Å².